The maximum Gasteiger partial charge on any atom is 0.408 e. The number of fused-ring (bicyclic) bond motifs is 2. The van der Waals surface area contributed by atoms with Crippen LogP contribution in [0.2, 0.25) is 0 Å². The van der Waals surface area contributed by atoms with E-state index in [1.165, 1.54) is 0 Å². The van der Waals surface area contributed by atoms with E-state index in [4.69, 9.17) is 9.15 Å². The second-order valence-electron chi connectivity index (χ2n) is 9.69. The third-order valence-corrected chi connectivity index (χ3v) is 6.98. The molecule has 8 heteroatoms. The molecule has 8 nitrogen and oxygen atoms in total. The number of likely N-dealkylation sites (N-methyl/N-ethyl adjacent to an activating group) is 1. The summed E-state index contributed by atoms with van der Waals surface area (Å²) >= 11 is 0. The quantitative estimate of drug-likeness (QED) is 0.277. The molecule has 5 aromatic rings. The minimum Gasteiger partial charge on any atom is -0.457 e. The predicted octanol–water partition coefficient (Wildman–Crippen LogP) is 5.76. The van der Waals surface area contributed by atoms with Crippen molar-refractivity contribution >= 4 is 33.9 Å². The molecule has 0 radical (unpaired) electrons. The number of carbonyl (C=O) groups excluding carboxylic acids is 2. The average Bonchev–Trinajstić information content (AvgIpc) is 3.55. The minimum atomic E-state index is -1.29. The van der Waals surface area contributed by atoms with Crippen LogP contribution < -0.4 is 5.32 Å². The van der Waals surface area contributed by atoms with Crippen LogP contribution >= 0.6 is 0 Å². The Balaban J connectivity index is 1.38. The molecule has 0 saturated carbocycles. The molecule has 2 amide bonds. The molecule has 0 aliphatic rings. The lowest BCUT2D eigenvalue weighted by Gasteiger charge is -2.36. The Morgan fingerprint density at radius 1 is 1.11 bits per heavy atom. The molecule has 0 spiro atoms. The zero-order chi connectivity index (χ0) is 26.7. The summed E-state index contributed by atoms with van der Waals surface area (Å²) in [5, 5.41) is 4.79. The van der Waals surface area contributed by atoms with Gasteiger partial charge in [-0.15, -0.1) is 0 Å². The van der Waals surface area contributed by atoms with E-state index in [9.17, 15) is 9.59 Å². The Morgan fingerprint density at radius 2 is 1.84 bits per heavy atom. The highest BCUT2D eigenvalue weighted by atomic mass is 16.6. The van der Waals surface area contributed by atoms with Crippen LogP contribution in [0, 0.1) is 0 Å². The maximum atomic E-state index is 14.0. The number of nitrogens with zero attached hydrogens (tertiary/aromatic N) is 2. The number of para-hydroxylation sites is 2. The van der Waals surface area contributed by atoms with Crippen LogP contribution in [0.25, 0.3) is 21.9 Å². The first kappa shape index (κ1) is 25.1. The zero-order valence-corrected chi connectivity index (χ0v) is 21.6. The molecule has 38 heavy (non-hydrogen) atoms. The SMILES string of the molecule is CC(c1ccncc1)N(C)C(=O)C(C)(Cc1c[nH]c2ccccc12)NC(=O)OCc1cc2ccccc2o1. The fourth-order valence-electron chi connectivity index (χ4n) is 4.77. The molecular weight excluding hydrogens is 480 g/mol. The average molecular weight is 511 g/mol. The number of H-pyrrole nitrogens is 1. The third kappa shape index (κ3) is 5.11. The number of aromatic nitrogens is 2. The van der Waals surface area contributed by atoms with Crippen molar-refractivity contribution in [2.75, 3.05) is 7.05 Å². The van der Waals surface area contributed by atoms with Gasteiger partial charge in [-0.25, -0.2) is 4.79 Å². The second-order valence-corrected chi connectivity index (χ2v) is 9.69. The minimum absolute atomic E-state index is 0.0544. The van der Waals surface area contributed by atoms with E-state index in [-0.39, 0.29) is 25.0 Å². The summed E-state index contributed by atoms with van der Waals surface area (Å²) in [6.45, 7) is 3.62. The van der Waals surface area contributed by atoms with Crippen molar-refractivity contribution in [1.82, 2.24) is 20.2 Å². The molecule has 2 atom stereocenters. The number of carbonyl (C=O) groups is 2. The fourth-order valence-corrected chi connectivity index (χ4v) is 4.77. The lowest BCUT2D eigenvalue weighted by atomic mass is 9.90. The highest BCUT2D eigenvalue weighted by Crippen LogP contribution is 2.27. The molecule has 0 aliphatic heterocycles. The molecule has 3 heterocycles. The third-order valence-electron chi connectivity index (χ3n) is 6.98. The van der Waals surface area contributed by atoms with Gasteiger partial charge in [-0.05, 0) is 55.3 Å². The van der Waals surface area contributed by atoms with Crippen molar-refractivity contribution < 1.29 is 18.7 Å². The number of pyridine rings is 1. The van der Waals surface area contributed by atoms with Gasteiger partial charge in [0.2, 0.25) is 5.91 Å². The van der Waals surface area contributed by atoms with Crippen molar-refractivity contribution in [2.45, 2.75) is 38.5 Å². The van der Waals surface area contributed by atoms with E-state index < -0.39 is 11.6 Å². The number of amides is 2. The number of rotatable bonds is 8. The standard InChI is InChI=1S/C30H30N4O4/c1-20(21-12-14-31-15-13-21)34(3)28(35)30(2,17-23-18-32-26-10-6-5-9-25(23)26)33-29(36)37-19-24-16-22-8-4-7-11-27(22)38-24/h4-16,18,20,32H,17,19H2,1-3H3,(H,33,36). The summed E-state index contributed by atoms with van der Waals surface area (Å²) in [6.07, 6.45) is 4.84. The van der Waals surface area contributed by atoms with Gasteiger partial charge in [-0.3, -0.25) is 9.78 Å². The molecule has 5 rings (SSSR count). The van der Waals surface area contributed by atoms with Gasteiger partial charge in [-0.2, -0.15) is 0 Å². The molecule has 0 bridgehead atoms. The fraction of sp³-hybridized carbons (Fsp3) is 0.233. The van der Waals surface area contributed by atoms with Crippen LogP contribution in [0.1, 0.15) is 36.8 Å². The van der Waals surface area contributed by atoms with Crippen LogP contribution in [-0.2, 0) is 22.6 Å². The monoisotopic (exact) mass is 510 g/mol. The van der Waals surface area contributed by atoms with Crippen LogP contribution in [-0.4, -0.2) is 39.5 Å². The van der Waals surface area contributed by atoms with Crippen molar-refractivity contribution in [3.8, 4) is 0 Å². The second kappa shape index (κ2) is 10.4. The molecule has 194 valence electrons. The maximum absolute atomic E-state index is 14.0. The first-order valence-corrected chi connectivity index (χ1v) is 12.5. The summed E-state index contributed by atoms with van der Waals surface area (Å²) in [5.41, 5.74) is 2.25. The molecule has 0 fully saturated rings. The van der Waals surface area contributed by atoms with E-state index >= 15 is 0 Å². The predicted molar refractivity (Wildman–Crippen MR) is 145 cm³/mol. The number of furan rings is 1. The number of alkyl carbamates (subject to hydrolysis) is 1. The van der Waals surface area contributed by atoms with E-state index in [0.717, 1.165) is 33.0 Å². The van der Waals surface area contributed by atoms with Gasteiger partial charge in [0.25, 0.3) is 0 Å². The van der Waals surface area contributed by atoms with Gasteiger partial charge in [0.1, 0.15) is 16.9 Å². The first-order valence-electron chi connectivity index (χ1n) is 12.5. The van der Waals surface area contributed by atoms with Crippen molar-refractivity contribution in [3.63, 3.8) is 0 Å². The summed E-state index contributed by atoms with van der Waals surface area (Å²) in [7, 11) is 1.74. The van der Waals surface area contributed by atoms with E-state index in [0.29, 0.717) is 5.76 Å². The van der Waals surface area contributed by atoms with Gasteiger partial charge in [-0.1, -0.05) is 36.4 Å². The summed E-state index contributed by atoms with van der Waals surface area (Å²) < 4.78 is 11.3. The highest BCUT2D eigenvalue weighted by molar-refractivity contribution is 5.91. The van der Waals surface area contributed by atoms with Crippen LogP contribution in [0.4, 0.5) is 4.79 Å². The van der Waals surface area contributed by atoms with E-state index in [2.05, 4.69) is 15.3 Å². The summed E-state index contributed by atoms with van der Waals surface area (Å²) in [6, 6.07) is 20.8. The van der Waals surface area contributed by atoms with E-state index in [1.807, 2.05) is 79.9 Å². The number of aromatic amines is 1. The normalized spacial score (nSPS) is 13.7. The smallest absolute Gasteiger partial charge is 0.408 e. The summed E-state index contributed by atoms with van der Waals surface area (Å²) in [5.74, 6) is 0.280. The molecule has 2 unspecified atom stereocenters. The molecular formula is C30H30N4O4. The molecule has 2 aromatic carbocycles. The summed E-state index contributed by atoms with van der Waals surface area (Å²) in [4.78, 5) is 36.0. The Labute approximate surface area is 220 Å². The van der Waals surface area contributed by atoms with Gasteiger partial charge in [0, 0.05) is 48.3 Å². The van der Waals surface area contributed by atoms with Gasteiger partial charge in [0.15, 0.2) is 6.61 Å². The first-order chi connectivity index (χ1) is 18.3. The number of benzene rings is 2. The van der Waals surface area contributed by atoms with E-state index in [1.54, 1.807) is 31.3 Å². The number of nitrogens with one attached hydrogen (secondary N) is 2. The van der Waals surface area contributed by atoms with Gasteiger partial charge in [0.05, 0.1) is 6.04 Å². The lowest BCUT2D eigenvalue weighted by Crippen LogP contribution is -2.58. The van der Waals surface area contributed by atoms with Crippen molar-refractivity contribution in [3.05, 3.63) is 102 Å². The van der Waals surface area contributed by atoms with Crippen molar-refractivity contribution in [2.24, 2.45) is 0 Å². The molecule has 0 saturated heterocycles. The molecule has 3 aromatic heterocycles. The Kier molecular flexibility index (Phi) is 6.87. The van der Waals surface area contributed by atoms with Crippen LogP contribution in [0.5, 0.6) is 0 Å². The Bertz CT molecular complexity index is 1540. The zero-order valence-electron chi connectivity index (χ0n) is 21.6. The van der Waals surface area contributed by atoms with Gasteiger partial charge < -0.3 is 24.4 Å². The van der Waals surface area contributed by atoms with Crippen LogP contribution in [0.15, 0.2) is 89.7 Å². The number of hydrogen-bond donors (Lipinski definition) is 2. The molecule has 0 aliphatic carbocycles. The van der Waals surface area contributed by atoms with Crippen LogP contribution in [0.3, 0.4) is 0 Å². The highest BCUT2D eigenvalue weighted by Gasteiger charge is 2.40. The lowest BCUT2D eigenvalue weighted by molar-refractivity contribution is -0.138. The van der Waals surface area contributed by atoms with Crippen molar-refractivity contribution in [1.29, 1.82) is 0 Å². The number of ether oxygens (including phenoxy) is 1. The Morgan fingerprint density at radius 3 is 2.63 bits per heavy atom. The topological polar surface area (TPSA) is 100 Å². The Hall–Kier alpha value is -4.59. The largest absolute Gasteiger partial charge is 0.457 e. The molecule has 2 N–H and O–H groups in total. The number of hydrogen-bond acceptors (Lipinski definition) is 5. The van der Waals surface area contributed by atoms with Gasteiger partial charge >= 0.3 is 6.09 Å².